The van der Waals surface area contributed by atoms with Crippen LogP contribution in [-0.2, 0) is 26.9 Å². The summed E-state index contributed by atoms with van der Waals surface area (Å²) in [5.41, 5.74) is 5.18. The molecule has 13 heteroatoms. The van der Waals surface area contributed by atoms with Crippen LogP contribution in [-0.4, -0.2) is 54.5 Å². The number of H-pyrrole nitrogens is 2. The van der Waals surface area contributed by atoms with Crippen molar-refractivity contribution in [3.8, 4) is 51.3 Å². The molecule has 4 aromatic carbocycles. The van der Waals surface area contributed by atoms with E-state index < -0.39 is 10.1 Å². The molecule has 0 aliphatic carbocycles. The standard InChI is InChI=1S/C33H20N8O3S.Co/c1-45(42,43)44-24-16-8-15-23-25(24)33-40-31-22-14-7-6-13-21(22)29(38-31)36-27-18-10-3-2-9-17(18)26(34-27)35-28-19-11-4-5-12-20(19)30(37-28)39-32(23)41-33;/h2-16H,1H3,(H2,34,35,36,37,38,39,40,41);. The summed E-state index contributed by atoms with van der Waals surface area (Å²) in [6.45, 7) is 0. The number of aromatic nitrogens is 8. The minimum atomic E-state index is -3.85. The molecule has 2 N–H and O–H groups in total. The molecule has 9 rings (SSSR count). The number of benzene rings is 4. The summed E-state index contributed by atoms with van der Waals surface area (Å²) in [6.07, 6.45) is 1.00. The summed E-state index contributed by atoms with van der Waals surface area (Å²) in [7, 11) is -3.85. The van der Waals surface area contributed by atoms with Gasteiger partial charge in [-0.1, -0.05) is 84.9 Å². The van der Waals surface area contributed by atoms with E-state index in [2.05, 4.69) is 9.97 Å². The molecule has 3 aromatic heterocycles. The maximum atomic E-state index is 12.3. The number of fused-ring (bicyclic) bond motifs is 20. The molecule has 8 bridgehead atoms. The van der Waals surface area contributed by atoms with Crippen LogP contribution in [0, 0.1) is 0 Å². The minimum Gasteiger partial charge on any atom is -0.382 e. The minimum absolute atomic E-state index is 0. The summed E-state index contributed by atoms with van der Waals surface area (Å²) in [4.78, 5) is 36.3. The molecule has 0 amide bonds. The van der Waals surface area contributed by atoms with E-state index in [1.165, 1.54) is 0 Å². The van der Waals surface area contributed by atoms with E-state index in [1.54, 1.807) is 12.1 Å². The van der Waals surface area contributed by atoms with Gasteiger partial charge in [-0.25, -0.2) is 29.9 Å². The zero-order chi connectivity index (χ0) is 30.3. The van der Waals surface area contributed by atoms with E-state index in [0.717, 1.165) is 39.3 Å². The van der Waals surface area contributed by atoms with Crippen molar-refractivity contribution in [2.24, 2.45) is 0 Å². The Morgan fingerprint density at radius 3 is 1.37 bits per heavy atom. The summed E-state index contributed by atoms with van der Waals surface area (Å²) in [5.74, 6) is 1.94. The van der Waals surface area contributed by atoms with Crippen LogP contribution in [0.15, 0.2) is 91.0 Å². The summed E-state index contributed by atoms with van der Waals surface area (Å²) >= 11 is 0. The van der Waals surface area contributed by atoms with Gasteiger partial charge in [0.1, 0.15) is 22.6 Å². The summed E-state index contributed by atoms with van der Waals surface area (Å²) < 4.78 is 29.9. The van der Waals surface area contributed by atoms with E-state index in [9.17, 15) is 8.42 Å². The second-order valence-corrected chi connectivity index (χ2v) is 12.3. The molecule has 1 radical (unpaired) electrons. The van der Waals surface area contributed by atoms with Gasteiger partial charge in [0.2, 0.25) is 0 Å². The Kier molecular flexibility index (Phi) is 6.25. The second kappa shape index (κ2) is 10.3. The van der Waals surface area contributed by atoms with Gasteiger partial charge in [-0.2, -0.15) is 8.42 Å². The molecule has 7 aromatic rings. The first-order valence-electron chi connectivity index (χ1n) is 14.0. The average molecular weight is 668 g/mol. The van der Waals surface area contributed by atoms with Crippen LogP contribution in [0.2, 0.25) is 0 Å². The number of aromatic amines is 2. The first-order chi connectivity index (χ1) is 21.9. The van der Waals surface area contributed by atoms with E-state index in [0.29, 0.717) is 56.7 Å². The van der Waals surface area contributed by atoms with Crippen LogP contribution >= 0.6 is 0 Å². The van der Waals surface area contributed by atoms with Crippen molar-refractivity contribution in [2.45, 2.75) is 0 Å². The van der Waals surface area contributed by atoms with Crippen LogP contribution in [0.1, 0.15) is 0 Å². The van der Waals surface area contributed by atoms with Crippen molar-refractivity contribution in [1.29, 1.82) is 0 Å². The fourth-order valence-electron chi connectivity index (χ4n) is 5.89. The molecule has 0 unspecified atom stereocenters. The first kappa shape index (κ1) is 28.0. The molecule has 2 aliphatic heterocycles. The van der Waals surface area contributed by atoms with Crippen LogP contribution in [0.5, 0.6) is 5.75 Å². The molecule has 0 saturated carbocycles. The van der Waals surface area contributed by atoms with Crippen LogP contribution in [0.25, 0.3) is 89.7 Å². The van der Waals surface area contributed by atoms with Crippen molar-refractivity contribution in [1.82, 2.24) is 39.9 Å². The monoisotopic (exact) mass is 667 g/mol. The Balaban J connectivity index is 0.00000312. The third-order valence-electron chi connectivity index (χ3n) is 7.78. The van der Waals surface area contributed by atoms with Crippen molar-refractivity contribution >= 4 is 54.3 Å². The number of rotatable bonds is 2. The van der Waals surface area contributed by atoms with E-state index in [4.69, 9.17) is 34.1 Å². The van der Waals surface area contributed by atoms with Gasteiger partial charge in [0.25, 0.3) is 0 Å². The molecule has 5 heterocycles. The van der Waals surface area contributed by atoms with Crippen molar-refractivity contribution in [3.05, 3.63) is 91.0 Å². The molecule has 225 valence electrons. The molecule has 11 nitrogen and oxygen atoms in total. The Hall–Kier alpha value is -5.50. The quantitative estimate of drug-likeness (QED) is 0.205. The Morgan fingerprint density at radius 2 is 0.891 bits per heavy atom. The third-order valence-corrected chi connectivity index (χ3v) is 8.26. The zero-order valence-electron chi connectivity index (χ0n) is 23.8. The van der Waals surface area contributed by atoms with Crippen molar-refractivity contribution in [3.63, 3.8) is 0 Å². The number of nitrogens with one attached hydrogen (secondary N) is 2. The Labute approximate surface area is 271 Å². The van der Waals surface area contributed by atoms with Gasteiger partial charge < -0.3 is 14.2 Å². The van der Waals surface area contributed by atoms with Crippen molar-refractivity contribution in [2.75, 3.05) is 6.26 Å². The molecule has 2 aliphatic rings. The zero-order valence-corrected chi connectivity index (χ0v) is 25.7. The largest absolute Gasteiger partial charge is 0.382 e. The SMILES string of the molecule is CS(=O)(=O)Oc1cccc2c3nc4nc(nc5[nH]c(nc6nc(nc([nH]3)c12)-c1ccccc1-6)c1ccccc51)-c1ccccc1-4.[Co]. The Morgan fingerprint density at radius 1 is 0.500 bits per heavy atom. The maximum absolute atomic E-state index is 12.3. The molecular weight excluding hydrogens is 647 g/mol. The van der Waals surface area contributed by atoms with Gasteiger partial charge in [0.15, 0.2) is 29.0 Å². The third kappa shape index (κ3) is 4.43. The van der Waals surface area contributed by atoms with Crippen LogP contribution in [0.3, 0.4) is 0 Å². The van der Waals surface area contributed by atoms with Gasteiger partial charge in [-0.3, -0.25) is 0 Å². The number of hydrogen-bond acceptors (Lipinski definition) is 9. The smallest absolute Gasteiger partial charge is 0.306 e. The number of hydrogen-bond donors (Lipinski definition) is 2. The molecule has 0 saturated heterocycles. The van der Waals surface area contributed by atoms with E-state index in [1.807, 2.05) is 78.9 Å². The average Bonchev–Trinajstić information content (AvgIpc) is 3.76. The normalized spacial score (nSPS) is 12.0. The van der Waals surface area contributed by atoms with E-state index >= 15 is 0 Å². The Bertz CT molecular complexity index is 2680. The molecule has 0 atom stereocenters. The molecule has 0 spiro atoms. The predicted molar refractivity (Wildman–Crippen MR) is 172 cm³/mol. The maximum Gasteiger partial charge on any atom is 0.306 e. The van der Waals surface area contributed by atoms with Crippen molar-refractivity contribution < 1.29 is 29.4 Å². The van der Waals surface area contributed by atoms with Crippen LogP contribution < -0.4 is 4.18 Å². The van der Waals surface area contributed by atoms with Crippen LogP contribution in [0.4, 0.5) is 0 Å². The molecule has 0 fully saturated rings. The molecular formula is C33H20CoN8O3S. The van der Waals surface area contributed by atoms with E-state index in [-0.39, 0.29) is 22.5 Å². The fourth-order valence-corrected chi connectivity index (χ4v) is 6.36. The first-order valence-corrected chi connectivity index (χ1v) is 15.8. The molecule has 46 heavy (non-hydrogen) atoms. The van der Waals surface area contributed by atoms with Gasteiger partial charge in [-0.05, 0) is 6.07 Å². The predicted octanol–water partition coefficient (Wildman–Crippen LogP) is 6.21. The van der Waals surface area contributed by atoms with Gasteiger partial charge >= 0.3 is 10.1 Å². The topological polar surface area (TPSA) is 152 Å². The summed E-state index contributed by atoms with van der Waals surface area (Å²) in [6, 6.07) is 28.5. The summed E-state index contributed by atoms with van der Waals surface area (Å²) in [5, 5.41) is 2.82. The number of nitrogens with zero attached hydrogens (tertiary/aromatic N) is 6. The van der Waals surface area contributed by atoms with Gasteiger partial charge in [-0.15, -0.1) is 0 Å². The van der Waals surface area contributed by atoms with Gasteiger partial charge in [0, 0.05) is 55.2 Å². The fraction of sp³-hybridized carbons (Fsp3) is 0.0303. The van der Waals surface area contributed by atoms with Gasteiger partial charge in [0.05, 0.1) is 11.6 Å². The second-order valence-electron chi connectivity index (χ2n) is 10.7.